The molecule has 0 fully saturated rings. The van der Waals surface area contributed by atoms with E-state index in [1.807, 2.05) is 6.07 Å². The van der Waals surface area contributed by atoms with E-state index in [1.165, 1.54) is 6.21 Å². The quantitative estimate of drug-likeness (QED) is 0.406. The molecular weight excluding hydrogens is 136 g/mol. The van der Waals surface area contributed by atoms with E-state index in [0.29, 0.717) is 10.6 Å². The van der Waals surface area contributed by atoms with Crippen molar-refractivity contribution in [3.8, 4) is 6.07 Å². The summed E-state index contributed by atoms with van der Waals surface area (Å²) >= 11 is 5.54. The van der Waals surface area contributed by atoms with Crippen LogP contribution < -0.4 is 0 Å². The van der Waals surface area contributed by atoms with Crippen molar-refractivity contribution in [3.05, 3.63) is 10.6 Å². The summed E-state index contributed by atoms with van der Waals surface area (Å²) in [6, 6.07) is 1.91. The molecule has 0 atom stereocenters. The van der Waals surface area contributed by atoms with Gasteiger partial charge in [-0.1, -0.05) is 11.6 Å². The van der Waals surface area contributed by atoms with E-state index >= 15 is 0 Å². The van der Waals surface area contributed by atoms with E-state index in [4.69, 9.17) is 16.9 Å². The molecule has 0 saturated heterocycles. The third-order valence-electron chi connectivity index (χ3n) is 0.768. The van der Waals surface area contributed by atoms with Crippen molar-refractivity contribution in [2.24, 2.45) is 4.99 Å². The van der Waals surface area contributed by atoms with Crippen LogP contribution in [0, 0.1) is 11.3 Å². The highest BCUT2D eigenvalue weighted by Crippen LogP contribution is 2.03. The number of nitriles is 1. The standard InChI is InChI=1S/C6H7ClN2/c1-5(3-8)6(7)4-9-2/h4H,1-2H3/b6-5-,9-4?. The molecule has 3 heteroatoms. The zero-order chi connectivity index (χ0) is 7.28. The molecule has 0 aliphatic rings. The van der Waals surface area contributed by atoms with Crippen LogP contribution in [0.1, 0.15) is 6.92 Å². The molecule has 0 radical (unpaired) electrons. The topological polar surface area (TPSA) is 36.1 Å². The molecule has 0 rings (SSSR count). The van der Waals surface area contributed by atoms with Crippen LogP contribution in [0.5, 0.6) is 0 Å². The molecule has 0 spiro atoms. The SMILES string of the molecule is CN=C/C(Cl)=C(\C)C#N. The summed E-state index contributed by atoms with van der Waals surface area (Å²) < 4.78 is 0. The molecule has 0 aromatic carbocycles. The second-order valence-electron chi connectivity index (χ2n) is 1.47. The fourth-order valence-electron chi connectivity index (χ4n) is 0.264. The molecule has 0 N–H and O–H groups in total. The Labute approximate surface area is 59.5 Å². The van der Waals surface area contributed by atoms with Crippen molar-refractivity contribution in [1.82, 2.24) is 0 Å². The van der Waals surface area contributed by atoms with Gasteiger partial charge in [0.2, 0.25) is 0 Å². The largest absolute Gasteiger partial charge is 0.295 e. The van der Waals surface area contributed by atoms with E-state index < -0.39 is 0 Å². The minimum Gasteiger partial charge on any atom is -0.295 e. The highest BCUT2D eigenvalue weighted by atomic mass is 35.5. The van der Waals surface area contributed by atoms with Gasteiger partial charge in [-0.25, -0.2) is 0 Å². The van der Waals surface area contributed by atoms with Crippen LogP contribution in [0.25, 0.3) is 0 Å². The first kappa shape index (κ1) is 8.19. The summed E-state index contributed by atoms with van der Waals surface area (Å²) in [5.74, 6) is 0. The van der Waals surface area contributed by atoms with Gasteiger partial charge in [-0.3, -0.25) is 4.99 Å². The lowest BCUT2D eigenvalue weighted by Gasteiger charge is -1.85. The molecule has 48 valence electrons. The van der Waals surface area contributed by atoms with Crippen LogP contribution in [0.3, 0.4) is 0 Å². The van der Waals surface area contributed by atoms with E-state index in [0.717, 1.165) is 0 Å². The van der Waals surface area contributed by atoms with Gasteiger partial charge in [-0.15, -0.1) is 0 Å². The average molecular weight is 143 g/mol. The first-order chi connectivity index (χ1) is 4.22. The molecule has 0 saturated carbocycles. The summed E-state index contributed by atoms with van der Waals surface area (Å²) in [7, 11) is 1.60. The van der Waals surface area contributed by atoms with E-state index in [9.17, 15) is 0 Å². The first-order valence-electron chi connectivity index (χ1n) is 2.41. The second-order valence-corrected chi connectivity index (χ2v) is 1.88. The van der Waals surface area contributed by atoms with Gasteiger partial charge in [-0.05, 0) is 6.92 Å². The van der Waals surface area contributed by atoms with Crippen LogP contribution in [-0.4, -0.2) is 13.3 Å². The molecule has 9 heavy (non-hydrogen) atoms. The second kappa shape index (κ2) is 4.11. The Morgan fingerprint density at radius 1 is 1.78 bits per heavy atom. The monoisotopic (exact) mass is 142 g/mol. The third kappa shape index (κ3) is 2.89. The maximum atomic E-state index is 8.28. The third-order valence-corrected chi connectivity index (χ3v) is 1.15. The number of allylic oxidation sites excluding steroid dienone is 2. The summed E-state index contributed by atoms with van der Waals surface area (Å²) in [5, 5.41) is 8.68. The fraction of sp³-hybridized carbons (Fsp3) is 0.333. The minimum atomic E-state index is 0.403. The number of hydrogen-bond donors (Lipinski definition) is 0. The van der Waals surface area contributed by atoms with Crippen molar-refractivity contribution in [1.29, 1.82) is 5.26 Å². The Hall–Kier alpha value is -0.810. The number of aliphatic imine (C=N–C) groups is 1. The average Bonchev–Trinajstić information content (AvgIpc) is 1.87. The van der Waals surface area contributed by atoms with Crippen LogP contribution in [-0.2, 0) is 0 Å². The van der Waals surface area contributed by atoms with Crippen molar-refractivity contribution in [3.63, 3.8) is 0 Å². The number of nitrogens with zero attached hydrogens (tertiary/aromatic N) is 2. The van der Waals surface area contributed by atoms with Crippen LogP contribution >= 0.6 is 11.6 Å². The molecule has 0 aromatic heterocycles. The van der Waals surface area contributed by atoms with Gasteiger partial charge in [0, 0.05) is 18.8 Å². The van der Waals surface area contributed by atoms with E-state index in [1.54, 1.807) is 14.0 Å². The van der Waals surface area contributed by atoms with Gasteiger partial charge in [0.1, 0.15) is 0 Å². The maximum Gasteiger partial charge on any atom is 0.0960 e. The highest BCUT2D eigenvalue weighted by molar-refractivity contribution is 6.39. The van der Waals surface area contributed by atoms with E-state index in [2.05, 4.69) is 4.99 Å². The summed E-state index contributed by atoms with van der Waals surface area (Å²) in [4.78, 5) is 3.64. The maximum absolute atomic E-state index is 8.28. The summed E-state index contributed by atoms with van der Waals surface area (Å²) in [6.45, 7) is 1.64. The Balaban J connectivity index is 4.34. The number of rotatable bonds is 1. The van der Waals surface area contributed by atoms with Crippen molar-refractivity contribution < 1.29 is 0 Å². The highest BCUT2D eigenvalue weighted by Gasteiger charge is 1.91. The zero-order valence-electron chi connectivity index (χ0n) is 5.35. The van der Waals surface area contributed by atoms with Crippen LogP contribution in [0.15, 0.2) is 15.6 Å². The Bertz CT molecular complexity index is 186. The molecule has 0 unspecified atom stereocenters. The first-order valence-corrected chi connectivity index (χ1v) is 2.78. The lowest BCUT2D eigenvalue weighted by atomic mass is 10.3. The Morgan fingerprint density at radius 3 is 2.67 bits per heavy atom. The van der Waals surface area contributed by atoms with Crippen LogP contribution in [0.2, 0.25) is 0 Å². The van der Waals surface area contributed by atoms with Gasteiger partial charge < -0.3 is 0 Å². The van der Waals surface area contributed by atoms with Gasteiger partial charge in [0.25, 0.3) is 0 Å². The predicted octanol–water partition coefficient (Wildman–Crippen LogP) is 1.72. The smallest absolute Gasteiger partial charge is 0.0960 e. The molecule has 0 bridgehead atoms. The van der Waals surface area contributed by atoms with Gasteiger partial charge >= 0.3 is 0 Å². The summed E-state index contributed by atoms with van der Waals surface area (Å²) in [5.41, 5.74) is 0.488. The Kier molecular flexibility index (Phi) is 3.74. The van der Waals surface area contributed by atoms with Gasteiger partial charge in [0.05, 0.1) is 11.1 Å². The molecule has 0 aliphatic carbocycles. The molecular formula is C6H7ClN2. The van der Waals surface area contributed by atoms with Crippen molar-refractivity contribution in [2.75, 3.05) is 7.05 Å². The normalized spacial score (nSPS) is 13.1. The molecule has 2 nitrogen and oxygen atoms in total. The molecule has 0 aromatic rings. The lowest BCUT2D eigenvalue weighted by molar-refractivity contribution is 1.43. The predicted molar refractivity (Wildman–Crippen MR) is 38.6 cm³/mol. The lowest BCUT2D eigenvalue weighted by Crippen LogP contribution is -1.78. The van der Waals surface area contributed by atoms with Crippen molar-refractivity contribution >= 4 is 17.8 Å². The zero-order valence-corrected chi connectivity index (χ0v) is 6.11. The van der Waals surface area contributed by atoms with Gasteiger partial charge in [0.15, 0.2) is 0 Å². The summed E-state index contributed by atoms with van der Waals surface area (Å²) in [6.07, 6.45) is 1.44. The fourth-order valence-corrected chi connectivity index (χ4v) is 0.403. The Morgan fingerprint density at radius 2 is 2.33 bits per heavy atom. The van der Waals surface area contributed by atoms with Gasteiger partial charge in [-0.2, -0.15) is 5.26 Å². The number of hydrogen-bond acceptors (Lipinski definition) is 2. The van der Waals surface area contributed by atoms with Crippen LogP contribution in [0.4, 0.5) is 0 Å². The molecule has 0 heterocycles. The molecule has 0 aliphatic heterocycles. The number of halogens is 1. The van der Waals surface area contributed by atoms with Crippen molar-refractivity contribution in [2.45, 2.75) is 6.92 Å². The van der Waals surface area contributed by atoms with E-state index in [-0.39, 0.29) is 0 Å². The molecule has 0 amide bonds. The minimum absolute atomic E-state index is 0.403.